The maximum absolute atomic E-state index is 11.8. The van der Waals surface area contributed by atoms with Gasteiger partial charge in [0.1, 0.15) is 13.0 Å². The fourth-order valence-electron chi connectivity index (χ4n) is 2.32. The molecule has 0 saturated heterocycles. The number of hydrazone groups is 1. The zero-order valence-electron chi connectivity index (χ0n) is 13.5. The number of amides is 1. The van der Waals surface area contributed by atoms with Gasteiger partial charge in [0, 0.05) is 6.42 Å². The first kappa shape index (κ1) is 17.0. The van der Waals surface area contributed by atoms with Gasteiger partial charge in [0.05, 0.1) is 25.2 Å². The maximum Gasteiger partial charge on any atom is 0.416 e. The van der Waals surface area contributed by atoms with E-state index < -0.39 is 11.8 Å². The molecule has 0 saturated carbocycles. The summed E-state index contributed by atoms with van der Waals surface area (Å²) in [7, 11) is 0. The molecular formula is C16H22N4O3. The highest BCUT2D eigenvalue weighted by molar-refractivity contribution is 5.83. The van der Waals surface area contributed by atoms with E-state index in [1.807, 2.05) is 31.2 Å². The highest BCUT2D eigenvalue weighted by atomic mass is 16.6. The molecule has 7 nitrogen and oxygen atoms in total. The number of nitriles is 1. The van der Waals surface area contributed by atoms with Crippen molar-refractivity contribution in [3.05, 3.63) is 24.3 Å². The number of carbonyl (C=O) groups excluding carboxylic acids is 1. The zero-order chi connectivity index (χ0) is 16.7. The van der Waals surface area contributed by atoms with Gasteiger partial charge in [-0.25, -0.2) is 14.7 Å². The van der Waals surface area contributed by atoms with Crippen molar-refractivity contribution in [1.29, 1.82) is 5.26 Å². The number of carbonyl (C=O) groups is 1. The summed E-state index contributed by atoms with van der Waals surface area (Å²) in [4.78, 5) is 13.2. The molecule has 0 bridgehead atoms. The van der Waals surface area contributed by atoms with Gasteiger partial charge >= 0.3 is 6.09 Å². The molecule has 2 unspecified atom stereocenters. The highest BCUT2D eigenvalue weighted by Crippen LogP contribution is 2.30. The van der Waals surface area contributed by atoms with Gasteiger partial charge in [-0.15, -0.1) is 0 Å². The van der Waals surface area contributed by atoms with E-state index in [2.05, 4.69) is 11.2 Å². The molecule has 1 amide bonds. The lowest BCUT2D eigenvalue weighted by Crippen LogP contribution is -2.49. The fourth-order valence-corrected chi connectivity index (χ4v) is 2.32. The topological polar surface area (TPSA) is 78.2 Å². The second kappa shape index (κ2) is 7.79. The average molecular weight is 318 g/mol. The number of rotatable bonds is 6. The molecule has 1 aliphatic heterocycles. The quantitative estimate of drug-likeness (QED) is 0.751. The van der Waals surface area contributed by atoms with Crippen molar-refractivity contribution >= 4 is 12.4 Å². The molecule has 7 heteroatoms. The molecule has 2 rings (SSSR count). The number of ether oxygens (including phenoxy) is 2. The summed E-state index contributed by atoms with van der Waals surface area (Å²) >= 11 is 0. The fraction of sp³-hybridized carbons (Fsp3) is 0.562. The molecule has 0 N–H and O–H groups in total. The number of hydrogen-bond acceptors (Lipinski definition) is 6. The summed E-state index contributed by atoms with van der Waals surface area (Å²) in [6, 6.07) is 2.23. The van der Waals surface area contributed by atoms with E-state index in [-0.39, 0.29) is 12.6 Å². The summed E-state index contributed by atoms with van der Waals surface area (Å²) in [5.74, 6) is -0.168. The smallest absolute Gasteiger partial charge is 0.416 e. The van der Waals surface area contributed by atoms with Crippen molar-refractivity contribution in [2.45, 2.75) is 32.4 Å². The van der Waals surface area contributed by atoms with Crippen LogP contribution in [0.5, 0.6) is 0 Å². The van der Waals surface area contributed by atoms with Crippen LogP contribution in [0.25, 0.3) is 0 Å². The van der Waals surface area contributed by atoms with Crippen LogP contribution in [0.3, 0.4) is 0 Å². The Morgan fingerprint density at radius 1 is 1.48 bits per heavy atom. The minimum Gasteiger partial charge on any atom is -0.449 e. The van der Waals surface area contributed by atoms with E-state index in [1.165, 1.54) is 11.2 Å². The lowest BCUT2D eigenvalue weighted by molar-refractivity contribution is -0.129. The van der Waals surface area contributed by atoms with Crippen LogP contribution in [0.15, 0.2) is 29.4 Å². The molecule has 2 aliphatic rings. The van der Waals surface area contributed by atoms with Gasteiger partial charge in [0.15, 0.2) is 5.72 Å². The second-order valence-electron chi connectivity index (χ2n) is 5.32. The average Bonchev–Trinajstić information content (AvgIpc) is 3.08. The lowest BCUT2D eigenvalue weighted by Gasteiger charge is -2.38. The van der Waals surface area contributed by atoms with Gasteiger partial charge in [-0.05, 0) is 19.4 Å². The Labute approximate surface area is 136 Å². The van der Waals surface area contributed by atoms with Crippen LogP contribution in [0, 0.1) is 17.2 Å². The van der Waals surface area contributed by atoms with Crippen molar-refractivity contribution in [3.63, 3.8) is 0 Å². The Kier molecular flexibility index (Phi) is 5.77. The minimum atomic E-state index is -0.781. The summed E-state index contributed by atoms with van der Waals surface area (Å²) in [5.41, 5.74) is -0.781. The Morgan fingerprint density at radius 3 is 2.91 bits per heavy atom. The van der Waals surface area contributed by atoms with Crippen LogP contribution < -0.4 is 0 Å². The Morgan fingerprint density at radius 2 is 2.30 bits per heavy atom. The standard InChI is InChI=1S/C16H22N4O3/c1-3-14(10-17)11-23-16(8-6-5-7-9-16)20-13-19(12-18-20)15(21)22-4-2/h5-8,12,14H,3-4,9,11,13H2,1-2H3. The molecule has 2 atom stereocenters. The minimum absolute atomic E-state index is 0.168. The Balaban J connectivity index is 2.07. The van der Waals surface area contributed by atoms with Gasteiger partial charge in [0.25, 0.3) is 0 Å². The maximum atomic E-state index is 11.8. The third-order valence-corrected chi connectivity index (χ3v) is 3.78. The van der Waals surface area contributed by atoms with E-state index in [1.54, 1.807) is 11.9 Å². The molecular weight excluding hydrogens is 296 g/mol. The predicted molar refractivity (Wildman–Crippen MR) is 85.0 cm³/mol. The molecule has 23 heavy (non-hydrogen) atoms. The molecule has 0 aromatic carbocycles. The van der Waals surface area contributed by atoms with Crippen molar-refractivity contribution in [1.82, 2.24) is 9.91 Å². The van der Waals surface area contributed by atoms with Crippen LogP contribution in [-0.4, -0.2) is 47.9 Å². The van der Waals surface area contributed by atoms with Crippen molar-refractivity contribution in [2.24, 2.45) is 11.0 Å². The van der Waals surface area contributed by atoms with Crippen molar-refractivity contribution < 1.29 is 14.3 Å². The summed E-state index contributed by atoms with van der Waals surface area (Å²) < 4.78 is 11.0. The van der Waals surface area contributed by atoms with E-state index >= 15 is 0 Å². The van der Waals surface area contributed by atoms with E-state index in [0.717, 1.165) is 6.42 Å². The largest absolute Gasteiger partial charge is 0.449 e. The van der Waals surface area contributed by atoms with Gasteiger partial charge in [-0.3, -0.25) is 0 Å². The van der Waals surface area contributed by atoms with Gasteiger partial charge in [0.2, 0.25) is 0 Å². The normalized spacial score (nSPS) is 23.9. The summed E-state index contributed by atoms with van der Waals surface area (Å²) in [6.07, 6.45) is 10.0. The molecule has 1 aliphatic carbocycles. The first-order valence-electron chi connectivity index (χ1n) is 7.78. The van der Waals surface area contributed by atoms with Crippen LogP contribution in [-0.2, 0) is 9.47 Å². The van der Waals surface area contributed by atoms with E-state index in [0.29, 0.717) is 19.6 Å². The molecule has 0 spiro atoms. The van der Waals surface area contributed by atoms with Gasteiger partial charge in [-0.1, -0.05) is 25.2 Å². The molecule has 124 valence electrons. The zero-order valence-corrected chi connectivity index (χ0v) is 13.5. The molecule has 0 aromatic heterocycles. The molecule has 0 aromatic rings. The first-order chi connectivity index (χ1) is 11.1. The molecule has 0 radical (unpaired) electrons. The van der Waals surface area contributed by atoms with Crippen molar-refractivity contribution in [2.75, 3.05) is 19.9 Å². The van der Waals surface area contributed by atoms with E-state index in [9.17, 15) is 4.79 Å². The van der Waals surface area contributed by atoms with Gasteiger partial charge < -0.3 is 9.47 Å². The number of allylic oxidation sites excluding steroid dienone is 2. The van der Waals surface area contributed by atoms with Crippen LogP contribution >= 0.6 is 0 Å². The van der Waals surface area contributed by atoms with Gasteiger partial charge in [-0.2, -0.15) is 10.4 Å². The van der Waals surface area contributed by atoms with E-state index in [4.69, 9.17) is 14.7 Å². The number of nitrogens with zero attached hydrogens (tertiary/aromatic N) is 4. The molecule has 0 fully saturated rings. The molecule has 1 heterocycles. The van der Waals surface area contributed by atoms with Crippen molar-refractivity contribution in [3.8, 4) is 6.07 Å². The summed E-state index contributed by atoms with van der Waals surface area (Å²) in [6.45, 7) is 4.59. The second-order valence-corrected chi connectivity index (χ2v) is 5.32. The monoisotopic (exact) mass is 318 g/mol. The predicted octanol–water partition coefficient (Wildman–Crippen LogP) is 2.44. The third-order valence-electron chi connectivity index (χ3n) is 3.78. The van der Waals surface area contributed by atoms with Crippen LogP contribution in [0.4, 0.5) is 4.79 Å². The van der Waals surface area contributed by atoms with Crippen LogP contribution in [0.2, 0.25) is 0 Å². The number of hydrogen-bond donors (Lipinski definition) is 0. The Hall–Kier alpha value is -2.33. The first-order valence-corrected chi connectivity index (χ1v) is 7.78. The SMILES string of the molecule is CCOC(=O)N1C=NN(C2(OCC(C#N)CC)C=CC=CC2)C1. The highest BCUT2D eigenvalue weighted by Gasteiger charge is 2.39. The third kappa shape index (κ3) is 3.90. The lowest BCUT2D eigenvalue weighted by atomic mass is 10.0. The van der Waals surface area contributed by atoms with Crippen LogP contribution in [0.1, 0.15) is 26.7 Å². The Bertz CT molecular complexity index is 552. The summed E-state index contributed by atoms with van der Waals surface area (Å²) in [5, 5.41) is 15.1.